The molecule has 2 aliphatic rings. The van der Waals surface area contributed by atoms with E-state index in [1.54, 1.807) is 17.0 Å². The number of benzene rings is 2. The number of carbonyl (C=O) groups is 2. The van der Waals surface area contributed by atoms with E-state index in [9.17, 15) is 19.7 Å². The molecule has 0 saturated heterocycles. The third kappa shape index (κ3) is 3.46. The lowest BCUT2D eigenvalue weighted by Gasteiger charge is -2.42. The molecule has 1 aliphatic carbocycles. The van der Waals surface area contributed by atoms with Crippen LogP contribution in [0, 0.1) is 15.5 Å². The van der Waals surface area contributed by atoms with E-state index in [0.717, 1.165) is 11.4 Å². The zero-order valence-corrected chi connectivity index (χ0v) is 16.4. The van der Waals surface area contributed by atoms with Crippen molar-refractivity contribution in [3.05, 3.63) is 81.5 Å². The lowest BCUT2D eigenvalue weighted by atomic mass is 9.69. The zero-order chi connectivity index (χ0) is 20.8. The average Bonchev–Trinajstić information content (AvgIpc) is 2.67. The Morgan fingerprint density at radius 2 is 1.76 bits per heavy atom. The van der Waals surface area contributed by atoms with Crippen LogP contribution in [0.2, 0.25) is 0 Å². The van der Waals surface area contributed by atoms with E-state index in [4.69, 9.17) is 0 Å². The number of nitrogens with zero attached hydrogens (tertiary/aromatic N) is 2. The summed E-state index contributed by atoms with van der Waals surface area (Å²) in [6.07, 6.45) is 1.11. The molecule has 0 unspecified atom stereocenters. The van der Waals surface area contributed by atoms with Gasteiger partial charge in [-0.25, -0.2) is 0 Å². The summed E-state index contributed by atoms with van der Waals surface area (Å²) in [4.78, 5) is 38.9. The Bertz CT molecular complexity index is 1040. The van der Waals surface area contributed by atoms with E-state index in [-0.39, 0.29) is 29.2 Å². The highest BCUT2D eigenvalue weighted by Crippen LogP contribution is 2.48. The standard InChI is InChI=1S/C23H22N2O4/c1-23(2)13-19-22(20(26)14-23)18(15-7-6-10-17(11-15)25(28)29)12-21(27)24(19)16-8-4-3-5-9-16/h3-11,18H,12-14H2,1-2H3/t18-/m1/s1. The van der Waals surface area contributed by atoms with Crippen molar-refractivity contribution in [2.24, 2.45) is 5.41 Å². The summed E-state index contributed by atoms with van der Waals surface area (Å²) < 4.78 is 0. The largest absolute Gasteiger partial charge is 0.294 e. The van der Waals surface area contributed by atoms with Gasteiger partial charge in [0.05, 0.1) is 4.92 Å². The molecule has 0 radical (unpaired) electrons. The Hall–Kier alpha value is -3.28. The highest BCUT2D eigenvalue weighted by Gasteiger charge is 2.44. The van der Waals surface area contributed by atoms with Gasteiger partial charge >= 0.3 is 0 Å². The number of hydrogen-bond donors (Lipinski definition) is 0. The number of nitro groups is 1. The minimum absolute atomic E-state index is 0.0150. The lowest BCUT2D eigenvalue weighted by molar-refractivity contribution is -0.384. The molecule has 1 aliphatic heterocycles. The molecule has 1 atom stereocenters. The molecule has 0 saturated carbocycles. The molecule has 1 amide bonds. The number of allylic oxidation sites excluding steroid dienone is 2. The fraction of sp³-hybridized carbons (Fsp3) is 0.304. The van der Waals surface area contributed by atoms with Crippen LogP contribution < -0.4 is 4.90 Å². The van der Waals surface area contributed by atoms with Crippen LogP contribution in [0.25, 0.3) is 0 Å². The number of amides is 1. The number of non-ortho nitro benzene ring substituents is 1. The number of nitro benzene ring substituents is 1. The number of hydrogen-bond acceptors (Lipinski definition) is 4. The molecular formula is C23H22N2O4. The van der Waals surface area contributed by atoms with E-state index in [1.807, 2.05) is 44.2 Å². The second kappa shape index (κ2) is 6.95. The molecular weight excluding hydrogens is 368 g/mol. The van der Waals surface area contributed by atoms with E-state index >= 15 is 0 Å². The van der Waals surface area contributed by atoms with Gasteiger partial charge in [0.2, 0.25) is 5.91 Å². The molecule has 0 fully saturated rings. The topological polar surface area (TPSA) is 80.5 Å². The SMILES string of the molecule is CC1(C)CC(=O)C2=C(C1)N(c1ccccc1)C(=O)C[C@@H]2c1cccc([N+](=O)[O-])c1. The molecule has 1 heterocycles. The van der Waals surface area contributed by atoms with Gasteiger partial charge < -0.3 is 0 Å². The van der Waals surface area contributed by atoms with Gasteiger partial charge in [0.1, 0.15) is 0 Å². The lowest BCUT2D eigenvalue weighted by Crippen LogP contribution is -2.43. The summed E-state index contributed by atoms with van der Waals surface area (Å²) in [5.74, 6) is -0.542. The fourth-order valence-electron chi connectivity index (χ4n) is 4.43. The Morgan fingerprint density at radius 3 is 2.45 bits per heavy atom. The first-order valence-electron chi connectivity index (χ1n) is 9.65. The highest BCUT2D eigenvalue weighted by molar-refractivity contribution is 6.07. The van der Waals surface area contributed by atoms with Gasteiger partial charge in [0.25, 0.3) is 5.69 Å². The zero-order valence-electron chi connectivity index (χ0n) is 16.4. The normalized spacial score (nSPS) is 21.2. The number of anilines is 1. The second-order valence-corrected chi connectivity index (χ2v) is 8.47. The van der Waals surface area contributed by atoms with Crippen molar-refractivity contribution in [1.29, 1.82) is 0 Å². The van der Waals surface area contributed by atoms with Crippen LogP contribution in [0.4, 0.5) is 11.4 Å². The maximum Gasteiger partial charge on any atom is 0.269 e. The van der Waals surface area contributed by atoms with Crippen molar-refractivity contribution in [3.63, 3.8) is 0 Å². The fourth-order valence-corrected chi connectivity index (χ4v) is 4.43. The van der Waals surface area contributed by atoms with Crippen LogP contribution in [-0.2, 0) is 9.59 Å². The molecule has 2 aromatic rings. The molecule has 148 valence electrons. The minimum Gasteiger partial charge on any atom is -0.294 e. The first-order valence-corrected chi connectivity index (χ1v) is 9.65. The molecule has 0 aromatic heterocycles. The summed E-state index contributed by atoms with van der Waals surface area (Å²) >= 11 is 0. The first-order chi connectivity index (χ1) is 13.8. The average molecular weight is 390 g/mol. The van der Waals surface area contributed by atoms with Gasteiger partial charge in [-0.2, -0.15) is 0 Å². The predicted molar refractivity (Wildman–Crippen MR) is 109 cm³/mol. The second-order valence-electron chi connectivity index (χ2n) is 8.47. The van der Waals surface area contributed by atoms with Crippen LogP contribution in [0.15, 0.2) is 65.9 Å². The quantitative estimate of drug-likeness (QED) is 0.559. The minimum atomic E-state index is -0.457. The van der Waals surface area contributed by atoms with Crippen LogP contribution in [0.1, 0.15) is 44.6 Å². The van der Waals surface area contributed by atoms with Crippen LogP contribution in [0.3, 0.4) is 0 Å². The van der Waals surface area contributed by atoms with E-state index in [0.29, 0.717) is 24.0 Å². The molecule has 2 aromatic carbocycles. The number of para-hydroxylation sites is 1. The first kappa shape index (κ1) is 19.1. The van der Waals surface area contributed by atoms with Crippen molar-refractivity contribution in [3.8, 4) is 0 Å². The number of Topliss-reactive ketones (excluding diaryl/α,β-unsaturated/α-hetero) is 1. The van der Waals surface area contributed by atoms with Gasteiger partial charge in [-0.3, -0.25) is 24.6 Å². The Labute approximate surface area is 169 Å². The molecule has 29 heavy (non-hydrogen) atoms. The van der Waals surface area contributed by atoms with Gasteiger partial charge in [-0.05, 0) is 29.5 Å². The maximum atomic E-state index is 13.2. The molecule has 0 bridgehead atoms. The van der Waals surface area contributed by atoms with Gasteiger partial charge in [-0.1, -0.05) is 44.2 Å². The van der Waals surface area contributed by atoms with E-state index in [1.165, 1.54) is 12.1 Å². The van der Waals surface area contributed by atoms with Crippen molar-refractivity contribution in [2.45, 2.75) is 39.0 Å². The summed E-state index contributed by atoms with van der Waals surface area (Å²) in [6, 6.07) is 15.6. The van der Waals surface area contributed by atoms with Crippen molar-refractivity contribution < 1.29 is 14.5 Å². The summed E-state index contributed by atoms with van der Waals surface area (Å²) in [6.45, 7) is 4.05. The molecule has 6 nitrogen and oxygen atoms in total. The number of rotatable bonds is 3. The van der Waals surface area contributed by atoms with Crippen LogP contribution >= 0.6 is 0 Å². The molecule has 0 spiro atoms. The van der Waals surface area contributed by atoms with Crippen molar-refractivity contribution >= 4 is 23.1 Å². The van der Waals surface area contributed by atoms with Gasteiger partial charge in [0.15, 0.2) is 5.78 Å². The third-order valence-electron chi connectivity index (χ3n) is 5.64. The Balaban J connectivity index is 1.89. The van der Waals surface area contributed by atoms with Gasteiger partial charge in [0, 0.05) is 47.8 Å². The van der Waals surface area contributed by atoms with Crippen LogP contribution in [0.5, 0.6) is 0 Å². The van der Waals surface area contributed by atoms with E-state index in [2.05, 4.69) is 0 Å². The molecule has 4 rings (SSSR count). The summed E-state index contributed by atoms with van der Waals surface area (Å²) in [5, 5.41) is 11.2. The molecule has 0 N–H and O–H groups in total. The Kier molecular flexibility index (Phi) is 4.57. The van der Waals surface area contributed by atoms with Crippen molar-refractivity contribution in [1.82, 2.24) is 0 Å². The van der Waals surface area contributed by atoms with E-state index < -0.39 is 10.8 Å². The monoisotopic (exact) mass is 390 g/mol. The Morgan fingerprint density at radius 1 is 1.03 bits per heavy atom. The number of carbonyl (C=O) groups excluding carboxylic acids is 2. The summed E-state index contributed by atoms with van der Waals surface area (Å²) in [5.41, 5.74) is 2.44. The maximum absolute atomic E-state index is 13.2. The smallest absolute Gasteiger partial charge is 0.269 e. The highest BCUT2D eigenvalue weighted by atomic mass is 16.6. The summed E-state index contributed by atoms with van der Waals surface area (Å²) in [7, 11) is 0. The van der Waals surface area contributed by atoms with Crippen LogP contribution in [-0.4, -0.2) is 16.6 Å². The number of ketones is 1. The van der Waals surface area contributed by atoms with Gasteiger partial charge in [-0.15, -0.1) is 0 Å². The predicted octanol–water partition coefficient (Wildman–Crippen LogP) is 4.76. The van der Waals surface area contributed by atoms with Crippen molar-refractivity contribution in [2.75, 3.05) is 4.90 Å². The third-order valence-corrected chi connectivity index (χ3v) is 5.64. The molecule has 6 heteroatoms.